The summed E-state index contributed by atoms with van der Waals surface area (Å²) in [6.45, 7) is 1.89. The lowest BCUT2D eigenvalue weighted by molar-refractivity contribution is -0.154. The van der Waals surface area contributed by atoms with Crippen LogP contribution in [0.1, 0.15) is 40.3 Å². The zero-order valence-corrected chi connectivity index (χ0v) is 21.7. The van der Waals surface area contributed by atoms with Crippen LogP contribution in [0.5, 0.6) is 0 Å². The Morgan fingerprint density at radius 2 is 1.77 bits per heavy atom. The lowest BCUT2D eigenvalue weighted by Gasteiger charge is -2.32. The Balaban J connectivity index is 1.50. The summed E-state index contributed by atoms with van der Waals surface area (Å²) in [5.41, 5.74) is 0.674. The molecule has 0 saturated carbocycles. The highest BCUT2D eigenvalue weighted by atomic mass is 32.2. The predicted octanol–water partition coefficient (Wildman–Crippen LogP) is 6.53. The maximum absolute atomic E-state index is 14.0. The van der Waals surface area contributed by atoms with Gasteiger partial charge in [-0.15, -0.1) is 0 Å². The van der Waals surface area contributed by atoms with E-state index in [0.29, 0.717) is 17.7 Å². The highest BCUT2D eigenvalue weighted by molar-refractivity contribution is 7.90. The second-order valence-electron chi connectivity index (χ2n) is 10.2. The number of aryl methyl sites for hydroxylation is 1. The Hall–Kier alpha value is -3.85. The first kappa shape index (κ1) is 25.4. The van der Waals surface area contributed by atoms with Crippen LogP contribution in [-0.4, -0.2) is 18.4 Å². The average Bonchev–Trinajstić information content (AvgIpc) is 3.43. The molecule has 1 aromatic heterocycles. The number of halogens is 3. The SMILES string of the molecule is Cc1ccc(S(=O)(=O)n2c3c(c4cc(C(F)(F)F)ccc42)[C@@H]2C=C[C@](C(=O)OCc4ccccc4)(C3)C2)cc1. The zero-order chi connectivity index (χ0) is 27.6. The third-order valence-electron chi connectivity index (χ3n) is 7.65. The zero-order valence-electron chi connectivity index (χ0n) is 20.9. The fourth-order valence-corrected chi connectivity index (χ4v) is 7.30. The van der Waals surface area contributed by atoms with E-state index in [2.05, 4.69) is 0 Å². The Bertz CT molecular complexity index is 1740. The molecule has 39 heavy (non-hydrogen) atoms. The van der Waals surface area contributed by atoms with E-state index in [4.69, 9.17) is 4.74 Å². The molecule has 2 aliphatic carbocycles. The van der Waals surface area contributed by atoms with E-state index >= 15 is 0 Å². The summed E-state index contributed by atoms with van der Waals surface area (Å²) in [6.07, 6.45) is -0.784. The fraction of sp³-hybridized carbons (Fsp3) is 0.233. The minimum Gasteiger partial charge on any atom is -0.460 e. The van der Waals surface area contributed by atoms with Crippen LogP contribution in [0.2, 0.25) is 0 Å². The summed E-state index contributed by atoms with van der Waals surface area (Å²) >= 11 is 0. The molecular formula is C30H24F3NO4S. The highest BCUT2D eigenvalue weighted by Crippen LogP contribution is 2.53. The molecule has 0 fully saturated rings. The van der Waals surface area contributed by atoms with Gasteiger partial charge in [0.05, 0.1) is 21.4 Å². The lowest BCUT2D eigenvalue weighted by atomic mass is 9.74. The number of carbonyl (C=O) groups excluding carboxylic acids is 1. The van der Waals surface area contributed by atoms with Crippen molar-refractivity contribution in [1.82, 2.24) is 3.97 Å². The molecule has 0 spiro atoms. The molecule has 0 saturated heterocycles. The number of esters is 1. The average molecular weight is 552 g/mol. The molecule has 0 amide bonds. The largest absolute Gasteiger partial charge is 0.460 e. The van der Waals surface area contributed by atoms with E-state index in [9.17, 15) is 26.4 Å². The molecule has 1 heterocycles. The van der Waals surface area contributed by atoms with E-state index in [-0.39, 0.29) is 28.8 Å². The minimum atomic E-state index is -4.59. The van der Waals surface area contributed by atoms with Crippen molar-refractivity contribution in [3.05, 3.63) is 113 Å². The summed E-state index contributed by atoms with van der Waals surface area (Å²) in [7, 11) is -4.20. The van der Waals surface area contributed by atoms with Crippen molar-refractivity contribution in [3.8, 4) is 0 Å². The smallest absolute Gasteiger partial charge is 0.416 e. The minimum absolute atomic E-state index is 0.00984. The molecule has 9 heteroatoms. The summed E-state index contributed by atoms with van der Waals surface area (Å²) in [5, 5.41) is 0.221. The van der Waals surface area contributed by atoms with Gasteiger partial charge in [-0.25, -0.2) is 12.4 Å². The van der Waals surface area contributed by atoms with Crippen molar-refractivity contribution in [2.75, 3.05) is 0 Å². The number of benzene rings is 3. The maximum Gasteiger partial charge on any atom is 0.416 e. The maximum atomic E-state index is 14.0. The van der Waals surface area contributed by atoms with Crippen molar-refractivity contribution in [1.29, 1.82) is 0 Å². The Morgan fingerprint density at radius 1 is 1.05 bits per heavy atom. The standard InChI is InChI=1S/C30H24F3NO4S/c1-19-7-10-23(11-8-19)39(36,37)34-25-12-9-22(30(31,32)33)15-24(25)27-21-13-14-29(16-21,17-26(27)34)28(35)38-18-20-5-3-2-4-6-20/h2-15,21H,16-18H2,1H3/t21-,29-/m1/s1. The number of ether oxygens (including phenoxy) is 1. The van der Waals surface area contributed by atoms with Gasteiger partial charge in [0, 0.05) is 23.4 Å². The van der Waals surface area contributed by atoms with E-state index in [1.807, 2.05) is 37.3 Å². The third-order valence-corrected chi connectivity index (χ3v) is 9.42. The summed E-state index contributed by atoms with van der Waals surface area (Å²) in [6, 6.07) is 18.6. The lowest BCUT2D eigenvalue weighted by Crippen LogP contribution is -2.36. The van der Waals surface area contributed by atoms with Crippen LogP contribution >= 0.6 is 0 Å². The molecule has 0 N–H and O–H groups in total. The second kappa shape index (κ2) is 8.84. The van der Waals surface area contributed by atoms with Crippen LogP contribution in [-0.2, 0) is 38.8 Å². The first-order chi connectivity index (χ1) is 18.5. The van der Waals surface area contributed by atoms with Gasteiger partial charge in [0.2, 0.25) is 0 Å². The van der Waals surface area contributed by atoms with E-state index in [0.717, 1.165) is 27.2 Å². The summed E-state index contributed by atoms with van der Waals surface area (Å²) < 4.78 is 75.8. The number of rotatable bonds is 5. The number of hydrogen-bond acceptors (Lipinski definition) is 4. The molecule has 4 aromatic rings. The third kappa shape index (κ3) is 4.16. The number of nitrogens with zero attached hydrogens (tertiary/aromatic N) is 1. The molecule has 200 valence electrons. The topological polar surface area (TPSA) is 65.4 Å². The first-order valence-electron chi connectivity index (χ1n) is 12.5. The van der Waals surface area contributed by atoms with Crippen LogP contribution < -0.4 is 0 Å². The Kier molecular flexibility index (Phi) is 5.77. The van der Waals surface area contributed by atoms with Gasteiger partial charge in [0.1, 0.15) is 6.61 Å². The fourth-order valence-electron chi connectivity index (χ4n) is 5.73. The summed E-state index contributed by atoms with van der Waals surface area (Å²) in [4.78, 5) is 13.5. The number of aromatic nitrogens is 1. The van der Waals surface area contributed by atoms with Crippen molar-refractivity contribution < 1.29 is 31.1 Å². The number of fused-ring (bicyclic) bond motifs is 6. The van der Waals surface area contributed by atoms with Gasteiger partial charge < -0.3 is 4.74 Å². The van der Waals surface area contributed by atoms with E-state index in [1.165, 1.54) is 18.2 Å². The molecule has 5 nitrogen and oxygen atoms in total. The van der Waals surface area contributed by atoms with Crippen LogP contribution in [0.25, 0.3) is 10.9 Å². The van der Waals surface area contributed by atoms with Crippen molar-refractivity contribution in [2.24, 2.45) is 5.41 Å². The molecule has 2 bridgehead atoms. The van der Waals surface area contributed by atoms with Gasteiger partial charge in [-0.2, -0.15) is 13.2 Å². The predicted molar refractivity (Wildman–Crippen MR) is 140 cm³/mol. The van der Waals surface area contributed by atoms with Gasteiger partial charge >= 0.3 is 12.1 Å². The van der Waals surface area contributed by atoms with Crippen molar-refractivity contribution in [2.45, 2.75) is 43.4 Å². The van der Waals surface area contributed by atoms with Gasteiger partial charge in [-0.3, -0.25) is 4.79 Å². The van der Waals surface area contributed by atoms with Gasteiger partial charge in [0.15, 0.2) is 0 Å². The molecule has 0 aliphatic heterocycles. The van der Waals surface area contributed by atoms with Gasteiger partial charge in [0.25, 0.3) is 10.0 Å². The second-order valence-corrected chi connectivity index (χ2v) is 12.0. The normalized spacial score (nSPS) is 20.3. The molecule has 3 aromatic carbocycles. The van der Waals surface area contributed by atoms with Crippen LogP contribution in [0.15, 0.2) is 89.8 Å². The molecule has 2 aliphatic rings. The number of allylic oxidation sites excluding steroid dienone is 1. The van der Waals surface area contributed by atoms with Gasteiger partial charge in [-0.05, 0) is 54.8 Å². The molecule has 0 radical (unpaired) electrons. The number of carbonyl (C=O) groups is 1. The Morgan fingerprint density at radius 3 is 2.46 bits per heavy atom. The number of alkyl halides is 3. The Labute approximate surface area is 223 Å². The molecular weight excluding hydrogens is 527 g/mol. The number of hydrogen-bond donors (Lipinski definition) is 0. The molecule has 2 atom stereocenters. The monoisotopic (exact) mass is 551 g/mol. The first-order valence-corrected chi connectivity index (χ1v) is 13.9. The molecule has 6 rings (SSSR count). The highest BCUT2D eigenvalue weighted by Gasteiger charge is 2.50. The van der Waals surface area contributed by atoms with Crippen LogP contribution in [0, 0.1) is 12.3 Å². The van der Waals surface area contributed by atoms with Crippen molar-refractivity contribution in [3.63, 3.8) is 0 Å². The van der Waals surface area contributed by atoms with Crippen molar-refractivity contribution >= 4 is 26.9 Å². The van der Waals surface area contributed by atoms with Gasteiger partial charge in [-0.1, -0.05) is 60.2 Å². The quantitative estimate of drug-likeness (QED) is 0.209. The van der Waals surface area contributed by atoms with E-state index < -0.39 is 39.1 Å². The van der Waals surface area contributed by atoms with Crippen LogP contribution in [0.4, 0.5) is 13.2 Å². The molecule has 0 unspecified atom stereocenters. The van der Waals surface area contributed by atoms with E-state index in [1.54, 1.807) is 24.3 Å². The summed E-state index contributed by atoms with van der Waals surface area (Å²) in [5.74, 6) is -0.922. The van der Waals surface area contributed by atoms with Crippen LogP contribution in [0.3, 0.4) is 0 Å².